The first-order valence-electron chi connectivity index (χ1n) is 11.7. The molecule has 152 valence electrons. The van der Waals surface area contributed by atoms with E-state index in [1.807, 2.05) is 0 Å². The topological polar surface area (TPSA) is 0 Å². The highest BCUT2D eigenvalue weighted by atomic mass is 32.1. The maximum atomic E-state index is 5.07. The molecule has 0 aromatic carbocycles. The lowest BCUT2D eigenvalue weighted by Gasteiger charge is -2.69. The number of rotatable bonds is 1. The molecule has 3 aliphatic carbocycles. The fourth-order valence-electron chi connectivity index (χ4n) is 8.32. The monoisotopic (exact) mass is 378 g/mol. The number of hydrogen-bond donors (Lipinski definition) is 1. The molecule has 0 bridgehead atoms. The summed E-state index contributed by atoms with van der Waals surface area (Å²) >= 11 is 5.07. The summed E-state index contributed by atoms with van der Waals surface area (Å²) in [7, 11) is 0. The van der Waals surface area contributed by atoms with E-state index in [0.29, 0.717) is 10.8 Å². The highest BCUT2D eigenvalue weighted by molar-refractivity contribution is 7.80. The van der Waals surface area contributed by atoms with Gasteiger partial charge in [-0.3, -0.25) is 0 Å². The zero-order valence-electron chi connectivity index (χ0n) is 19.0. The highest BCUT2D eigenvalue weighted by Gasteiger charge is 2.78. The Morgan fingerprint density at radius 3 is 1.62 bits per heavy atom. The van der Waals surface area contributed by atoms with Gasteiger partial charge >= 0.3 is 0 Å². The van der Waals surface area contributed by atoms with E-state index in [1.165, 1.54) is 19.3 Å². The third-order valence-corrected chi connectivity index (χ3v) is 11.7. The third-order valence-electron chi connectivity index (χ3n) is 11.2. The van der Waals surface area contributed by atoms with Gasteiger partial charge in [0.15, 0.2) is 0 Å². The fourth-order valence-corrected chi connectivity index (χ4v) is 9.08. The maximum absolute atomic E-state index is 5.07. The molecule has 0 nitrogen and oxygen atoms in total. The molecule has 3 saturated carbocycles. The number of hydrogen-bond acceptors (Lipinski definition) is 1. The fraction of sp³-hybridized carbons (Fsp3) is 1.00. The predicted octanol–water partition coefficient (Wildman–Crippen LogP) is 7.44. The average molecular weight is 379 g/mol. The summed E-state index contributed by atoms with van der Waals surface area (Å²) in [6.07, 6.45) is 4.30. The van der Waals surface area contributed by atoms with Crippen molar-refractivity contribution in [1.82, 2.24) is 0 Å². The van der Waals surface area contributed by atoms with Gasteiger partial charge in [0.2, 0.25) is 0 Å². The van der Waals surface area contributed by atoms with Crippen LogP contribution in [0.4, 0.5) is 0 Å². The summed E-state index contributed by atoms with van der Waals surface area (Å²) in [5.74, 6) is 9.50. The minimum atomic E-state index is 0.443. The average Bonchev–Trinajstić information content (AvgIpc) is 3.32. The summed E-state index contributed by atoms with van der Waals surface area (Å²) in [4.78, 5) is 0. The Morgan fingerprint density at radius 1 is 0.731 bits per heavy atom. The molecule has 12 atom stereocenters. The van der Waals surface area contributed by atoms with Crippen LogP contribution in [0.5, 0.6) is 0 Å². The van der Waals surface area contributed by atoms with E-state index in [2.05, 4.69) is 62.3 Å². The molecule has 3 fully saturated rings. The molecule has 0 heterocycles. The maximum Gasteiger partial charge on any atom is -0.00328 e. The minimum Gasteiger partial charge on any atom is -0.179 e. The Bertz CT molecular complexity index is 514. The van der Waals surface area contributed by atoms with E-state index in [-0.39, 0.29) is 0 Å². The van der Waals surface area contributed by atoms with Crippen molar-refractivity contribution in [3.05, 3.63) is 0 Å². The second-order valence-corrected chi connectivity index (χ2v) is 11.8. The second kappa shape index (κ2) is 7.00. The molecular weight excluding hydrogens is 332 g/mol. The van der Waals surface area contributed by atoms with Crippen molar-refractivity contribution in [3.63, 3.8) is 0 Å². The van der Waals surface area contributed by atoms with Gasteiger partial charge in [0.05, 0.1) is 0 Å². The van der Waals surface area contributed by atoms with Crippen LogP contribution in [0.2, 0.25) is 0 Å². The Balaban J connectivity index is 2.06. The van der Waals surface area contributed by atoms with Crippen LogP contribution in [0, 0.1) is 70.0 Å². The smallest absolute Gasteiger partial charge is 0.00328 e. The van der Waals surface area contributed by atoms with Gasteiger partial charge in [0.25, 0.3) is 0 Å². The number of thiol groups is 1. The van der Waals surface area contributed by atoms with E-state index >= 15 is 0 Å². The van der Waals surface area contributed by atoms with Crippen molar-refractivity contribution in [3.8, 4) is 0 Å². The van der Waals surface area contributed by atoms with Crippen molar-refractivity contribution in [2.45, 2.75) is 81.6 Å². The first-order chi connectivity index (χ1) is 12.1. The third kappa shape index (κ3) is 2.61. The van der Waals surface area contributed by atoms with Crippen LogP contribution in [-0.2, 0) is 0 Å². The highest BCUT2D eigenvalue weighted by Crippen LogP contribution is 2.82. The Labute approximate surface area is 170 Å². The van der Waals surface area contributed by atoms with Crippen LogP contribution >= 0.6 is 12.6 Å². The summed E-state index contributed by atoms with van der Waals surface area (Å²) in [6.45, 7) is 23.1. The van der Waals surface area contributed by atoms with Crippen LogP contribution < -0.4 is 0 Å². The standard InChI is InChI=1S/C25H46S/c1-14-10-11-15(2)18(5)20(7)23-24(12-16(24)3)22(9)25(23,13-26)21(8)19(6)17(14)4/h14-23,26H,10-13H2,1-9H3. The van der Waals surface area contributed by atoms with E-state index in [1.54, 1.807) is 0 Å². The lowest BCUT2D eigenvalue weighted by atomic mass is 9.36. The Hall–Kier alpha value is 0.350. The lowest BCUT2D eigenvalue weighted by molar-refractivity contribution is -0.204. The van der Waals surface area contributed by atoms with Crippen LogP contribution in [-0.4, -0.2) is 5.75 Å². The molecule has 12 unspecified atom stereocenters. The van der Waals surface area contributed by atoms with E-state index < -0.39 is 0 Å². The van der Waals surface area contributed by atoms with Gasteiger partial charge in [-0.2, -0.15) is 12.6 Å². The molecule has 0 aromatic heterocycles. The van der Waals surface area contributed by atoms with Gasteiger partial charge in [-0.25, -0.2) is 0 Å². The van der Waals surface area contributed by atoms with Crippen molar-refractivity contribution < 1.29 is 0 Å². The molecule has 0 aliphatic heterocycles. The molecule has 3 rings (SSSR count). The van der Waals surface area contributed by atoms with E-state index in [0.717, 1.165) is 64.9 Å². The molecule has 0 saturated heterocycles. The van der Waals surface area contributed by atoms with Gasteiger partial charge in [-0.05, 0) is 82.2 Å². The van der Waals surface area contributed by atoms with Crippen molar-refractivity contribution in [2.24, 2.45) is 70.0 Å². The molecule has 26 heavy (non-hydrogen) atoms. The molecular formula is C25H46S. The van der Waals surface area contributed by atoms with Gasteiger partial charge in [-0.15, -0.1) is 0 Å². The minimum absolute atomic E-state index is 0.443. The van der Waals surface area contributed by atoms with Crippen LogP contribution in [0.1, 0.15) is 81.6 Å². The first-order valence-corrected chi connectivity index (χ1v) is 12.3. The molecule has 0 amide bonds. The lowest BCUT2D eigenvalue weighted by Crippen LogP contribution is -2.66. The summed E-state index contributed by atoms with van der Waals surface area (Å²) in [5.41, 5.74) is 1.09. The number of fused-ring (bicyclic) bond motifs is 2. The van der Waals surface area contributed by atoms with Gasteiger partial charge in [0.1, 0.15) is 0 Å². The quantitative estimate of drug-likeness (QED) is 0.450. The van der Waals surface area contributed by atoms with Crippen molar-refractivity contribution in [2.75, 3.05) is 5.75 Å². The second-order valence-electron chi connectivity index (χ2n) is 11.4. The van der Waals surface area contributed by atoms with Gasteiger partial charge in [0, 0.05) is 0 Å². The summed E-state index contributed by atoms with van der Waals surface area (Å²) in [5, 5.41) is 0. The molecule has 0 radical (unpaired) electrons. The van der Waals surface area contributed by atoms with Crippen LogP contribution in [0.3, 0.4) is 0 Å². The van der Waals surface area contributed by atoms with Crippen LogP contribution in [0.15, 0.2) is 0 Å². The summed E-state index contributed by atoms with van der Waals surface area (Å²) < 4.78 is 0. The van der Waals surface area contributed by atoms with Gasteiger partial charge < -0.3 is 0 Å². The van der Waals surface area contributed by atoms with Gasteiger partial charge in [-0.1, -0.05) is 75.2 Å². The zero-order valence-corrected chi connectivity index (χ0v) is 19.9. The Kier molecular flexibility index (Phi) is 5.67. The largest absolute Gasteiger partial charge is 0.179 e. The molecule has 3 aliphatic rings. The molecule has 1 heteroatoms. The normalized spacial score (nSPS) is 60.7. The first kappa shape index (κ1) is 21.1. The molecule has 0 N–H and O–H groups in total. The molecule has 1 spiro atoms. The van der Waals surface area contributed by atoms with Crippen LogP contribution in [0.25, 0.3) is 0 Å². The Morgan fingerprint density at radius 2 is 1.19 bits per heavy atom. The van der Waals surface area contributed by atoms with Crippen molar-refractivity contribution >= 4 is 12.6 Å². The van der Waals surface area contributed by atoms with Crippen molar-refractivity contribution in [1.29, 1.82) is 0 Å². The predicted molar refractivity (Wildman–Crippen MR) is 119 cm³/mol. The zero-order chi connectivity index (χ0) is 19.6. The molecule has 0 aromatic rings. The summed E-state index contributed by atoms with van der Waals surface area (Å²) in [6, 6.07) is 0. The SMILES string of the molecule is CC1CCC(C)C(C)C(C)C2C3(CC3C)C(C)C2(CS)C(C)C(C)C1C. The van der Waals surface area contributed by atoms with E-state index in [9.17, 15) is 0 Å². The van der Waals surface area contributed by atoms with E-state index in [4.69, 9.17) is 12.6 Å².